The van der Waals surface area contributed by atoms with Crippen molar-refractivity contribution in [2.24, 2.45) is 11.3 Å². The van der Waals surface area contributed by atoms with Gasteiger partial charge in [-0.25, -0.2) is 0 Å². The maximum atomic E-state index is 12.6. The molecule has 0 heterocycles. The van der Waals surface area contributed by atoms with Gasteiger partial charge in [-0.3, -0.25) is 9.59 Å². The average Bonchev–Trinajstić information content (AvgIpc) is 2.77. The molecular formula is C26H30N2O3. The molecule has 162 valence electrons. The number of rotatable bonds is 9. The van der Waals surface area contributed by atoms with Gasteiger partial charge in [0.05, 0.1) is 11.5 Å². The second-order valence-electron chi connectivity index (χ2n) is 8.25. The van der Waals surface area contributed by atoms with E-state index in [9.17, 15) is 9.59 Å². The van der Waals surface area contributed by atoms with Crippen molar-refractivity contribution in [3.8, 4) is 11.8 Å². The van der Waals surface area contributed by atoms with Crippen molar-refractivity contribution in [2.75, 3.05) is 19.0 Å². The highest BCUT2D eigenvalue weighted by Crippen LogP contribution is 2.32. The monoisotopic (exact) mass is 418 g/mol. The summed E-state index contributed by atoms with van der Waals surface area (Å²) < 4.78 is 5.53. The third-order valence-corrected chi connectivity index (χ3v) is 5.44. The number of carbonyl (C=O) groups excluding carboxylic acids is 2. The van der Waals surface area contributed by atoms with Crippen LogP contribution in [0, 0.1) is 22.7 Å². The van der Waals surface area contributed by atoms with Crippen molar-refractivity contribution in [2.45, 2.75) is 33.6 Å². The summed E-state index contributed by atoms with van der Waals surface area (Å²) in [6, 6.07) is 16.6. The zero-order valence-electron chi connectivity index (χ0n) is 18.9. The second-order valence-corrected chi connectivity index (χ2v) is 8.25. The molecule has 2 unspecified atom stereocenters. The quantitative estimate of drug-likeness (QED) is 0.232. The Morgan fingerprint density at radius 3 is 2.26 bits per heavy atom. The molecule has 2 rings (SSSR count). The summed E-state index contributed by atoms with van der Waals surface area (Å²) in [6.45, 7) is 5.52. The van der Waals surface area contributed by atoms with Gasteiger partial charge >= 0.3 is 5.97 Å². The molecule has 0 N–H and O–H groups in total. The zero-order valence-corrected chi connectivity index (χ0v) is 18.9. The lowest BCUT2D eigenvalue weighted by molar-refractivity contribution is -0.146. The number of esters is 1. The van der Waals surface area contributed by atoms with Crippen molar-refractivity contribution in [1.82, 2.24) is 0 Å². The van der Waals surface area contributed by atoms with E-state index in [2.05, 4.69) is 6.07 Å². The van der Waals surface area contributed by atoms with E-state index in [4.69, 9.17) is 10.00 Å². The highest BCUT2D eigenvalue weighted by atomic mass is 16.5. The van der Waals surface area contributed by atoms with Gasteiger partial charge < -0.3 is 9.64 Å². The molecular weight excluding hydrogens is 388 g/mol. The first kappa shape index (κ1) is 23.9. The third kappa shape index (κ3) is 6.55. The number of ether oxygens (including phenoxy) is 1. The van der Waals surface area contributed by atoms with Crippen LogP contribution in [0.3, 0.4) is 0 Å². The minimum atomic E-state index is -0.728. The maximum Gasteiger partial charge on any atom is 0.317 e. The molecule has 0 radical (unpaired) electrons. The maximum absolute atomic E-state index is 12.6. The molecule has 31 heavy (non-hydrogen) atoms. The van der Waals surface area contributed by atoms with E-state index < -0.39 is 5.41 Å². The summed E-state index contributed by atoms with van der Waals surface area (Å²) in [5.74, 6) is -0.342. The van der Waals surface area contributed by atoms with Crippen LogP contribution in [0.2, 0.25) is 0 Å². The minimum Gasteiger partial charge on any atom is -0.426 e. The molecule has 2 atom stereocenters. The molecule has 2 aromatic rings. The third-order valence-electron chi connectivity index (χ3n) is 5.44. The molecule has 0 aliphatic rings. The Balaban J connectivity index is 2.03. The Bertz CT molecular complexity index is 969. The van der Waals surface area contributed by atoms with Gasteiger partial charge in [-0.05, 0) is 74.7 Å². The summed E-state index contributed by atoms with van der Waals surface area (Å²) in [6.07, 6.45) is 4.33. The van der Waals surface area contributed by atoms with Crippen LogP contribution in [0.5, 0.6) is 5.75 Å². The highest BCUT2D eigenvalue weighted by Gasteiger charge is 2.35. The predicted octanol–water partition coefficient (Wildman–Crippen LogP) is 5.52. The van der Waals surface area contributed by atoms with Gasteiger partial charge in [0, 0.05) is 31.3 Å². The molecule has 0 aliphatic heterocycles. The van der Waals surface area contributed by atoms with Gasteiger partial charge in [-0.1, -0.05) is 25.1 Å². The number of benzene rings is 2. The molecule has 5 heteroatoms. The Hall–Kier alpha value is -3.39. The first-order valence-electron chi connectivity index (χ1n) is 10.4. The number of nitrogens with zero attached hydrogens (tertiary/aromatic N) is 2. The topological polar surface area (TPSA) is 70.4 Å². The van der Waals surface area contributed by atoms with Crippen molar-refractivity contribution in [1.29, 1.82) is 5.26 Å². The van der Waals surface area contributed by atoms with Crippen molar-refractivity contribution in [3.05, 3.63) is 65.7 Å². The minimum absolute atomic E-state index is 0.129. The lowest BCUT2D eigenvalue weighted by atomic mass is 9.79. The molecule has 0 saturated carbocycles. The largest absolute Gasteiger partial charge is 0.426 e. The van der Waals surface area contributed by atoms with Gasteiger partial charge in [0.15, 0.2) is 5.78 Å². The first-order valence-corrected chi connectivity index (χ1v) is 10.4. The van der Waals surface area contributed by atoms with Crippen LogP contribution in [0.1, 0.15) is 49.5 Å². The lowest BCUT2D eigenvalue weighted by Crippen LogP contribution is -2.33. The molecule has 0 fully saturated rings. The van der Waals surface area contributed by atoms with E-state index in [0.29, 0.717) is 24.2 Å². The molecule has 0 aliphatic carbocycles. The Kier molecular flexibility index (Phi) is 8.15. The number of nitriles is 1. The molecule has 0 spiro atoms. The Morgan fingerprint density at radius 1 is 1.13 bits per heavy atom. The van der Waals surface area contributed by atoms with E-state index in [1.807, 2.05) is 57.1 Å². The number of carbonyl (C=O) groups is 2. The predicted molar refractivity (Wildman–Crippen MR) is 124 cm³/mol. The number of ketones is 1. The van der Waals surface area contributed by atoms with E-state index >= 15 is 0 Å². The Labute approximate surface area is 184 Å². The van der Waals surface area contributed by atoms with E-state index in [1.54, 1.807) is 37.3 Å². The van der Waals surface area contributed by atoms with Gasteiger partial charge in [0.2, 0.25) is 0 Å². The molecule has 5 nitrogen and oxygen atoms in total. The van der Waals surface area contributed by atoms with Gasteiger partial charge in [0.25, 0.3) is 0 Å². The highest BCUT2D eigenvalue weighted by molar-refractivity contribution is 6.06. The van der Waals surface area contributed by atoms with Crippen LogP contribution in [-0.4, -0.2) is 25.8 Å². The lowest BCUT2D eigenvalue weighted by Gasteiger charge is -2.26. The van der Waals surface area contributed by atoms with Gasteiger partial charge in [-0.2, -0.15) is 5.26 Å². The molecule has 0 saturated heterocycles. The van der Waals surface area contributed by atoms with Crippen LogP contribution in [0.4, 0.5) is 5.69 Å². The molecule has 0 bridgehead atoms. The van der Waals surface area contributed by atoms with Gasteiger partial charge in [-0.15, -0.1) is 0 Å². The fraction of sp³-hybridized carbons (Fsp3) is 0.346. The summed E-state index contributed by atoms with van der Waals surface area (Å²) >= 11 is 0. The Morgan fingerprint density at radius 2 is 1.74 bits per heavy atom. The number of anilines is 1. The van der Waals surface area contributed by atoms with E-state index in [-0.39, 0.29) is 17.7 Å². The van der Waals surface area contributed by atoms with Crippen LogP contribution < -0.4 is 9.64 Å². The summed E-state index contributed by atoms with van der Waals surface area (Å²) in [7, 11) is 3.95. The van der Waals surface area contributed by atoms with Gasteiger partial charge in [0.1, 0.15) is 5.75 Å². The fourth-order valence-electron chi connectivity index (χ4n) is 3.16. The van der Waals surface area contributed by atoms with Crippen molar-refractivity contribution >= 4 is 23.5 Å². The molecule has 0 aromatic heterocycles. The summed E-state index contributed by atoms with van der Waals surface area (Å²) in [4.78, 5) is 27.1. The second kappa shape index (κ2) is 10.6. The van der Waals surface area contributed by atoms with Crippen LogP contribution in [0.25, 0.3) is 6.08 Å². The first-order chi connectivity index (χ1) is 14.7. The normalized spacial score (nSPS) is 13.8. The van der Waals surface area contributed by atoms with Crippen molar-refractivity contribution in [3.63, 3.8) is 0 Å². The van der Waals surface area contributed by atoms with Crippen LogP contribution in [-0.2, 0) is 4.79 Å². The fourth-order valence-corrected chi connectivity index (χ4v) is 3.16. The smallest absolute Gasteiger partial charge is 0.317 e. The average molecular weight is 419 g/mol. The van der Waals surface area contributed by atoms with Crippen LogP contribution in [0.15, 0.2) is 54.6 Å². The van der Waals surface area contributed by atoms with E-state index in [1.165, 1.54) is 6.08 Å². The number of hydrogen-bond donors (Lipinski definition) is 0. The summed E-state index contributed by atoms with van der Waals surface area (Å²) in [5, 5.41) is 9.06. The van der Waals surface area contributed by atoms with E-state index in [0.717, 1.165) is 11.3 Å². The molecule has 0 amide bonds. The SMILES string of the molecule is CCC(C)(CC(C)C#N)C(=O)Oc1ccc(C(=O)/C=C/c2ccc(N(C)C)cc2)cc1. The standard InChI is InChI=1S/C26H30N2O3/c1-6-26(3,17-19(2)18-27)25(30)31-23-14-10-21(11-15-23)24(29)16-9-20-7-12-22(13-8-20)28(4)5/h7-16,19H,6,17H2,1-5H3/b16-9+. The van der Waals surface area contributed by atoms with Crippen LogP contribution >= 0.6 is 0 Å². The van der Waals surface area contributed by atoms with Crippen molar-refractivity contribution < 1.29 is 14.3 Å². The summed E-state index contributed by atoms with van der Waals surface area (Å²) in [5.41, 5.74) is 1.82. The number of allylic oxidation sites excluding steroid dienone is 1. The molecule has 2 aromatic carbocycles. The zero-order chi connectivity index (χ0) is 23.0. The number of hydrogen-bond acceptors (Lipinski definition) is 5.